The van der Waals surface area contributed by atoms with Crippen molar-refractivity contribution >= 4 is 21.6 Å². The molecule has 1 amide bonds. The molecule has 1 aromatic carbocycles. The van der Waals surface area contributed by atoms with Crippen LogP contribution in [-0.4, -0.2) is 27.9 Å². The van der Waals surface area contributed by atoms with Crippen LogP contribution in [0.25, 0.3) is 0 Å². The van der Waals surface area contributed by atoms with Crippen molar-refractivity contribution in [3.8, 4) is 0 Å². The zero-order valence-corrected chi connectivity index (χ0v) is 17.1. The van der Waals surface area contributed by atoms with E-state index in [2.05, 4.69) is 10.0 Å². The third-order valence-electron chi connectivity index (χ3n) is 4.45. The Labute approximate surface area is 169 Å². The lowest BCUT2D eigenvalue weighted by molar-refractivity contribution is -0.921. The molecule has 8 nitrogen and oxygen atoms in total. The van der Waals surface area contributed by atoms with Gasteiger partial charge in [-0.05, 0) is 55.9 Å². The highest BCUT2D eigenvalue weighted by Gasteiger charge is 2.20. The molecule has 0 aliphatic rings. The molecule has 0 spiro atoms. The first kappa shape index (κ1) is 20.8. The molecule has 9 heteroatoms. The maximum Gasteiger partial charge on any atom is 0.279 e. The van der Waals surface area contributed by atoms with E-state index in [9.17, 15) is 13.2 Å². The van der Waals surface area contributed by atoms with Gasteiger partial charge in [-0.15, -0.1) is 0 Å². The number of hydrogen-bond donors (Lipinski definition) is 3. The van der Waals surface area contributed by atoms with Crippen LogP contribution in [0.15, 0.2) is 68.7 Å². The lowest BCUT2D eigenvalue weighted by Crippen LogP contribution is -3.10. The molecule has 0 atom stereocenters. The number of carbonyl (C=O) groups is 1. The summed E-state index contributed by atoms with van der Waals surface area (Å²) in [6, 6.07) is 12.1. The molecule has 2 heterocycles. The third-order valence-corrected chi connectivity index (χ3v) is 6.01. The Bertz CT molecular complexity index is 1010. The Morgan fingerprint density at radius 1 is 1.03 bits per heavy atom. The maximum atomic E-state index is 12.6. The van der Waals surface area contributed by atoms with Crippen molar-refractivity contribution in [3.05, 3.63) is 72.1 Å². The molecule has 29 heavy (non-hydrogen) atoms. The van der Waals surface area contributed by atoms with E-state index >= 15 is 0 Å². The normalized spacial score (nSPS) is 11.7. The van der Waals surface area contributed by atoms with Crippen molar-refractivity contribution in [1.82, 2.24) is 4.72 Å². The molecule has 0 fully saturated rings. The van der Waals surface area contributed by atoms with Crippen LogP contribution in [0.1, 0.15) is 17.1 Å². The quantitative estimate of drug-likeness (QED) is 0.486. The zero-order valence-electron chi connectivity index (χ0n) is 16.3. The van der Waals surface area contributed by atoms with Gasteiger partial charge in [-0.25, -0.2) is 13.1 Å². The van der Waals surface area contributed by atoms with E-state index in [0.717, 1.165) is 16.4 Å². The van der Waals surface area contributed by atoms with Gasteiger partial charge in [0.1, 0.15) is 13.1 Å². The molecule has 0 bridgehead atoms. The van der Waals surface area contributed by atoms with Crippen LogP contribution in [0.3, 0.4) is 0 Å². The molecule has 154 valence electrons. The molecule has 0 radical (unpaired) electrons. The van der Waals surface area contributed by atoms with Crippen molar-refractivity contribution < 1.29 is 26.9 Å². The van der Waals surface area contributed by atoms with E-state index in [1.165, 1.54) is 13.1 Å². The van der Waals surface area contributed by atoms with Gasteiger partial charge in [-0.2, -0.15) is 0 Å². The van der Waals surface area contributed by atoms with Crippen LogP contribution in [0.2, 0.25) is 0 Å². The highest BCUT2D eigenvalue weighted by atomic mass is 32.2. The second-order valence-electron chi connectivity index (χ2n) is 6.68. The van der Waals surface area contributed by atoms with Gasteiger partial charge in [0.05, 0.1) is 17.4 Å². The first-order chi connectivity index (χ1) is 13.9. The Morgan fingerprint density at radius 2 is 1.66 bits per heavy atom. The summed E-state index contributed by atoms with van der Waals surface area (Å²) in [6.07, 6.45) is 3.19. The molecule has 0 aliphatic carbocycles. The van der Waals surface area contributed by atoms with E-state index in [1.807, 2.05) is 12.1 Å². The molecule has 0 saturated carbocycles. The molecule has 0 saturated heterocycles. The first-order valence-corrected chi connectivity index (χ1v) is 10.6. The average Bonchev–Trinajstić information content (AvgIpc) is 3.37. The molecule has 3 rings (SSSR count). The average molecular weight is 418 g/mol. The van der Waals surface area contributed by atoms with E-state index in [-0.39, 0.29) is 17.3 Å². The molecule has 3 N–H and O–H groups in total. The van der Waals surface area contributed by atoms with Crippen molar-refractivity contribution in [2.75, 3.05) is 18.9 Å². The molecule has 0 unspecified atom stereocenters. The number of carbonyl (C=O) groups excluding carboxylic acids is 1. The summed E-state index contributed by atoms with van der Waals surface area (Å²) in [6.45, 7) is 2.88. The van der Waals surface area contributed by atoms with Crippen molar-refractivity contribution in [2.24, 2.45) is 0 Å². The number of amides is 1. The number of quaternary nitrogens is 1. The van der Waals surface area contributed by atoms with Crippen molar-refractivity contribution in [1.29, 1.82) is 0 Å². The van der Waals surface area contributed by atoms with Gasteiger partial charge in [-0.1, -0.05) is 6.07 Å². The number of nitrogens with one attached hydrogen (secondary N) is 3. The molecule has 3 aromatic rings. The number of hydrogen-bond acceptors (Lipinski definition) is 5. The maximum absolute atomic E-state index is 12.6. The van der Waals surface area contributed by atoms with Crippen LogP contribution < -0.4 is 14.9 Å². The monoisotopic (exact) mass is 418 g/mol. The summed E-state index contributed by atoms with van der Waals surface area (Å²) in [4.78, 5) is 13.7. The van der Waals surface area contributed by atoms with Gasteiger partial charge in [0.25, 0.3) is 5.91 Å². The number of rotatable bonds is 9. The van der Waals surface area contributed by atoms with Gasteiger partial charge >= 0.3 is 0 Å². The predicted octanol–water partition coefficient (Wildman–Crippen LogP) is 1.31. The lowest BCUT2D eigenvalue weighted by atomic mass is 10.2. The summed E-state index contributed by atoms with van der Waals surface area (Å²) in [5.41, 5.74) is 1.02. The summed E-state index contributed by atoms with van der Waals surface area (Å²) in [5, 5.41) is 2.78. The Hall–Kier alpha value is -2.88. The first-order valence-electron chi connectivity index (χ1n) is 9.10. The van der Waals surface area contributed by atoms with Crippen LogP contribution in [0, 0.1) is 6.92 Å². The number of sulfonamides is 1. The van der Waals surface area contributed by atoms with Crippen molar-refractivity contribution in [2.45, 2.75) is 24.9 Å². The molecule has 2 aromatic heterocycles. The van der Waals surface area contributed by atoms with Gasteiger partial charge in [-0.3, -0.25) is 4.79 Å². The fraction of sp³-hybridized carbons (Fsp3) is 0.250. The van der Waals surface area contributed by atoms with Crippen LogP contribution in [-0.2, 0) is 27.9 Å². The minimum absolute atomic E-state index is 0.133. The van der Waals surface area contributed by atoms with Crippen LogP contribution >= 0.6 is 0 Å². The van der Waals surface area contributed by atoms with Gasteiger partial charge in [0.15, 0.2) is 18.1 Å². The summed E-state index contributed by atoms with van der Waals surface area (Å²) < 4.78 is 37.4. The van der Waals surface area contributed by atoms with Gasteiger partial charge in [0.2, 0.25) is 10.0 Å². The second kappa shape index (κ2) is 9.08. The minimum atomic E-state index is -3.61. The molecular weight excluding hydrogens is 394 g/mol. The lowest BCUT2D eigenvalue weighted by Gasteiger charge is -2.17. The number of aryl methyl sites for hydroxylation is 1. The predicted molar refractivity (Wildman–Crippen MR) is 107 cm³/mol. The summed E-state index contributed by atoms with van der Waals surface area (Å²) >= 11 is 0. The fourth-order valence-corrected chi connectivity index (χ4v) is 4.01. The Kier molecular flexibility index (Phi) is 6.53. The topological polar surface area (TPSA) is 106 Å². The Morgan fingerprint density at radius 3 is 2.17 bits per heavy atom. The third kappa shape index (κ3) is 5.57. The zero-order chi connectivity index (χ0) is 20.9. The SMILES string of the molecule is CNS(=O)(=O)c1cc(NC(=O)C[NH+](Cc2ccco2)Cc2ccco2)ccc1C. The van der Waals surface area contributed by atoms with Crippen LogP contribution in [0.4, 0.5) is 5.69 Å². The van der Waals surface area contributed by atoms with Gasteiger partial charge in [0, 0.05) is 5.69 Å². The van der Waals surface area contributed by atoms with Crippen LogP contribution in [0.5, 0.6) is 0 Å². The highest BCUT2D eigenvalue weighted by Crippen LogP contribution is 2.19. The molecular formula is C20H24N3O5S+. The van der Waals surface area contributed by atoms with E-state index in [1.54, 1.807) is 43.7 Å². The standard InChI is InChI=1S/C20H23N3O5S/c1-15-7-8-16(11-19(15)29(25,26)21-2)22-20(24)14-23(12-17-5-3-9-27-17)13-18-6-4-10-28-18/h3-11,21H,12-14H2,1-2H3,(H,22,24)/p+1. The minimum Gasteiger partial charge on any atom is -0.463 e. The number of benzene rings is 1. The summed E-state index contributed by atoms with van der Waals surface area (Å²) in [7, 11) is -2.26. The largest absolute Gasteiger partial charge is 0.463 e. The number of furan rings is 2. The van der Waals surface area contributed by atoms with E-state index in [0.29, 0.717) is 24.3 Å². The Balaban J connectivity index is 1.72. The molecule has 0 aliphatic heterocycles. The second-order valence-corrected chi connectivity index (χ2v) is 8.53. The smallest absolute Gasteiger partial charge is 0.279 e. The van der Waals surface area contributed by atoms with E-state index < -0.39 is 10.0 Å². The number of anilines is 1. The van der Waals surface area contributed by atoms with Crippen molar-refractivity contribution in [3.63, 3.8) is 0 Å². The fourth-order valence-electron chi connectivity index (χ4n) is 3.02. The van der Waals surface area contributed by atoms with Gasteiger partial charge < -0.3 is 19.1 Å². The summed E-state index contributed by atoms with van der Waals surface area (Å²) in [5.74, 6) is 1.28. The van der Waals surface area contributed by atoms with E-state index in [4.69, 9.17) is 8.83 Å². The highest BCUT2D eigenvalue weighted by molar-refractivity contribution is 7.89.